The van der Waals surface area contributed by atoms with Crippen molar-refractivity contribution in [2.75, 3.05) is 0 Å². The van der Waals surface area contributed by atoms with E-state index in [1.54, 1.807) is 6.07 Å². The first-order valence-electron chi connectivity index (χ1n) is 4.79. The fourth-order valence-corrected chi connectivity index (χ4v) is 1.62. The summed E-state index contributed by atoms with van der Waals surface area (Å²) in [6, 6.07) is 4.42. The number of alkyl halides is 1. The molecule has 1 aliphatic rings. The molecule has 0 aromatic carbocycles. The van der Waals surface area contributed by atoms with Crippen LogP contribution in [0.4, 0.5) is 8.78 Å². The van der Waals surface area contributed by atoms with Gasteiger partial charge in [-0.1, -0.05) is 6.07 Å². The van der Waals surface area contributed by atoms with Crippen LogP contribution in [0, 0.1) is 0 Å². The van der Waals surface area contributed by atoms with Gasteiger partial charge in [-0.15, -0.1) is 0 Å². The second kappa shape index (κ2) is 4.04. The highest BCUT2D eigenvalue weighted by atomic mass is 19.1. The summed E-state index contributed by atoms with van der Waals surface area (Å²) in [6.07, 6.45) is 0.505. The van der Waals surface area contributed by atoms with Crippen molar-refractivity contribution in [3.05, 3.63) is 42.0 Å². The number of carboxylic acid groups (broad SMARTS) is 1. The molecule has 0 spiro atoms. The van der Waals surface area contributed by atoms with Crippen molar-refractivity contribution < 1.29 is 18.7 Å². The molecule has 0 fully saturated rings. The lowest BCUT2D eigenvalue weighted by molar-refractivity contribution is -0.145. The minimum Gasteiger partial charge on any atom is -0.479 e. The fourth-order valence-electron chi connectivity index (χ4n) is 1.62. The zero-order valence-electron chi connectivity index (χ0n) is 8.55. The van der Waals surface area contributed by atoms with E-state index in [0.717, 1.165) is 0 Å². The van der Waals surface area contributed by atoms with Gasteiger partial charge in [0, 0.05) is 6.20 Å². The van der Waals surface area contributed by atoms with Crippen LogP contribution in [0.15, 0.2) is 41.3 Å². The maximum atomic E-state index is 13.8. The Balaban J connectivity index is 2.57. The van der Waals surface area contributed by atoms with E-state index in [9.17, 15) is 13.6 Å². The summed E-state index contributed by atoms with van der Waals surface area (Å²) in [5.41, 5.74) is -2.27. The molecule has 4 nitrogen and oxygen atoms in total. The minimum atomic E-state index is -2.20. The lowest BCUT2D eigenvalue weighted by Gasteiger charge is -2.28. The average molecular weight is 238 g/mol. The molecule has 0 radical (unpaired) electrons. The largest absolute Gasteiger partial charge is 0.479 e. The Kier molecular flexibility index (Phi) is 2.71. The first-order chi connectivity index (χ1) is 8.07. The summed E-state index contributed by atoms with van der Waals surface area (Å²) in [5, 5.41) is 9.15. The van der Waals surface area contributed by atoms with Crippen molar-refractivity contribution in [1.29, 1.82) is 0 Å². The molecule has 0 amide bonds. The van der Waals surface area contributed by atoms with Gasteiger partial charge >= 0.3 is 5.97 Å². The van der Waals surface area contributed by atoms with Crippen LogP contribution < -0.4 is 0 Å². The topological polar surface area (TPSA) is 62.5 Å². The van der Waals surface area contributed by atoms with Crippen LogP contribution in [-0.2, 0) is 10.3 Å². The predicted molar refractivity (Wildman–Crippen MR) is 56.1 cm³/mol. The van der Waals surface area contributed by atoms with Crippen LogP contribution in [-0.4, -0.2) is 28.4 Å². The fraction of sp³-hybridized carbons (Fsp3) is 0.182. The Bertz CT molecular complexity index is 501. The van der Waals surface area contributed by atoms with E-state index in [1.807, 2.05) is 0 Å². The van der Waals surface area contributed by atoms with Gasteiger partial charge in [0.15, 0.2) is 6.17 Å². The van der Waals surface area contributed by atoms with Crippen molar-refractivity contribution in [2.24, 2.45) is 4.99 Å². The standard InChI is InChI=1S/C11H8F2N2O2/c12-7-5-8(13)11(10(16)17,15-6-7)9-3-1-2-4-14-9/h1-6,8H,(H,16,17). The summed E-state index contributed by atoms with van der Waals surface area (Å²) < 4.78 is 26.7. The van der Waals surface area contributed by atoms with Crippen molar-refractivity contribution in [1.82, 2.24) is 4.98 Å². The van der Waals surface area contributed by atoms with Crippen LogP contribution in [0.2, 0.25) is 0 Å². The third-order valence-corrected chi connectivity index (χ3v) is 2.48. The quantitative estimate of drug-likeness (QED) is 0.851. The number of allylic oxidation sites excluding steroid dienone is 1. The number of aromatic nitrogens is 1. The Morgan fingerprint density at radius 1 is 1.47 bits per heavy atom. The van der Waals surface area contributed by atoms with Gasteiger partial charge in [-0.25, -0.2) is 13.6 Å². The predicted octanol–water partition coefficient (Wildman–Crippen LogP) is 1.64. The number of halogens is 2. The van der Waals surface area contributed by atoms with Gasteiger partial charge in [0.2, 0.25) is 5.54 Å². The average Bonchev–Trinajstić information content (AvgIpc) is 2.30. The van der Waals surface area contributed by atoms with Gasteiger partial charge < -0.3 is 5.11 Å². The molecule has 0 aliphatic carbocycles. The molecule has 1 aromatic heterocycles. The zero-order chi connectivity index (χ0) is 12.5. The van der Waals surface area contributed by atoms with Gasteiger partial charge in [-0.05, 0) is 18.2 Å². The van der Waals surface area contributed by atoms with E-state index in [4.69, 9.17) is 5.11 Å². The Morgan fingerprint density at radius 3 is 2.76 bits per heavy atom. The third-order valence-electron chi connectivity index (χ3n) is 2.48. The maximum Gasteiger partial charge on any atom is 0.341 e. The number of nitrogens with zero attached hydrogens (tertiary/aromatic N) is 2. The number of rotatable bonds is 2. The summed E-state index contributed by atoms with van der Waals surface area (Å²) in [4.78, 5) is 18.5. The first kappa shape index (κ1) is 11.4. The molecule has 2 unspecified atom stereocenters. The highest BCUT2D eigenvalue weighted by Gasteiger charge is 2.50. The van der Waals surface area contributed by atoms with Crippen molar-refractivity contribution in [2.45, 2.75) is 11.7 Å². The highest BCUT2D eigenvalue weighted by Crippen LogP contribution is 2.34. The maximum absolute atomic E-state index is 13.8. The SMILES string of the molecule is O=C(O)C1(c2ccccn2)N=CC(F)=CC1F. The highest BCUT2D eigenvalue weighted by molar-refractivity contribution is 5.88. The van der Waals surface area contributed by atoms with Crippen molar-refractivity contribution >= 4 is 12.2 Å². The summed E-state index contributed by atoms with van der Waals surface area (Å²) in [7, 11) is 0. The molecule has 1 aliphatic heterocycles. The van der Waals surface area contributed by atoms with Crippen LogP contribution in [0.1, 0.15) is 5.69 Å². The van der Waals surface area contributed by atoms with Gasteiger partial charge in [0.1, 0.15) is 5.83 Å². The Morgan fingerprint density at radius 2 is 2.24 bits per heavy atom. The van der Waals surface area contributed by atoms with Crippen LogP contribution in [0.5, 0.6) is 0 Å². The van der Waals surface area contributed by atoms with E-state index >= 15 is 0 Å². The van der Waals surface area contributed by atoms with Crippen molar-refractivity contribution in [3.63, 3.8) is 0 Å². The second-order valence-electron chi connectivity index (χ2n) is 3.50. The van der Waals surface area contributed by atoms with E-state index in [2.05, 4.69) is 9.98 Å². The molecule has 17 heavy (non-hydrogen) atoms. The summed E-state index contributed by atoms with van der Waals surface area (Å²) >= 11 is 0. The molecule has 2 rings (SSSR count). The molecule has 6 heteroatoms. The molecule has 1 aromatic rings. The molecule has 0 bridgehead atoms. The molecule has 2 heterocycles. The number of hydrogen-bond donors (Lipinski definition) is 1. The number of aliphatic carboxylic acids is 1. The van der Waals surface area contributed by atoms with E-state index < -0.39 is 23.5 Å². The minimum absolute atomic E-state index is 0.0694. The zero-order valence-corrected chi connectivity index (χ0v) is 8.55. The Hall–Kier alpha value is -2.11. The van der Waals surface area contributed by atoms with Crippen LogP contribution in [0.25, 0.3) is 0 Å². The number of hydrogen-bond acceptors (Lipinski definition) is 3. The molecule has 88 valence electrons. The van der Waals surface area contributed by atoms with Gasteiger partial charge in [-0.2, -0.15) is 0 Å². The molecule has 0 saturated carbocycles. The van der Waals surface area contributed by atoms with Gasteiger partial charge in [-0.3, -0.25) is 9.98 Å². The summed E-state index contributed by atoms with van der Waals surface area (Å²) in [6.45, 7) is 0. The second-order valence-corrected chi connectivity index (χ2v) is 3.50. The normalized spacial score (nSPS) is 27.6. The number of dihydropyridines is 1. The van der Waals surface area contributed by atoms with Crippen LogP contribution >= 0.6 is 0 Å². The van der Waals surface area contributed by atoms with E-state index in [-0.39, 0.29) is 5.69 Å². The molecular formula is C11H8F2N2O2. The smallest absolute Gasteiger partial charge is 0.341 e. The number of carbonyl (C=O) groups is 1. The molecule has 0 saturated heterocycles. The molecule has 1 N–H and O–H groups in total. The lowest BCUT2D eigenvalue weighted by atomic mass is 9.88. The Labute approximate surface area is 95.3 Å². The van der Waals surface area contributed by atoms with Crippen LogP contribution in [0.3, 0.4) is 0 Å². The molecular weight excluding hydrogens is 230 g/mol. The van der Waals surface area contributed by atoms with E-state index in [0.29, 0.717) is 12.3 Å². The third kappa shape index (κ3) is 1.71. The summed E-state index contributed by atoms with van der Waals surface area (Å²) in [5.74, 6) is -2.41. The van der Waals surface area contributed by atoms with Crippen molar-refractivity contribution in [3.8, 4) is 0 Å². The first-order valence-corrected chi connectivity index (χ1v) is 4.79. The van der Waals surface area contributed by atoms with Gasteiger partial charge in [0.05, 0.1) is 11.9 Å². The number of carboxylic acids is 1. The monoisotopic (exact) mass is 238 g/mol. The van der Waals surface area contributed by atoms with E-state index in [1.165, 1.54) is 18.3 Å². The van der Waals surface area contributed by atoms with Gasteiger partial charge in [0.25, 0.3) is 0 Å². The number of pyridine rings is 1. The molecule has 2 atom stereocenters. The lowest BCUT2D eigenvalue weighted by Crippen LogP contribution is -2.44. The number of aliphatic imine (C=N–C) groups is 1.